The van der Waals surface area contributed by atoms with Crippen molar-refractivity contribution in [2.24, 2.45) is 0 Å². The van der Waals surface area contributed by atoms with Crippen LogP contribution in [0.2, 0.25) is 0 Å². The molecule has 0 radical (unpaired) electrons. The highest BCUT2D eigenvalue weighted by molar-refractivity contribution is 8.02. The zero-order chi connectivity index (χ0) is 11.7. The minimum absolute atomic E-state index is 0.440. The van der Waals surface area contributed by atoms with E-state index in [1.165, 1.54) is 18.4 Å². The summed E-state index contributed by atoms with van der Waals surface area (Å²) in [7, 11) is 0. The summed E-state index contributed by atoms with van der Waals surface area (Å²) in [6.45, 7) is 2.13. The quantitative estimate of drug-likeness (QED) is 0.767. The summed E-state index contributed by atoms with van der Waals surface area (Å²) in [5.74, 6) is 7.07. The van der Waals surface area contributed by atoms with E-state index in [1.807, 2.05) is 12.4 Å². The Morgan fingerprint density at radius 2 is 2.24 bits per heavy atom. The van der Waals surface area contributed by atoms with Crippen LogP contribution in [0.5, 0.6) is 0 Å². The van der Waals surface area contributed by atoms with Crippen molar-refractivity contribution in [2.45, 2.75) is 31.1 Å². The summed E-state index contributed by atoms with van der Waals surface area (Å²) >= 11 is 1.77. The van der Waals surface area contributed by atoms with E-state index in [-0.39, 0.29) is 0 Å². The first kappa shape index (κ1) is 10.7. The lowest BCUT2D eigenvalue weighted by molar-refractivity contribution is 0.847. The monoisotopic (exact) mass is 242 g/mol. The summed E-state index contributed by atoms with van der Waals surface area (Å²) in [6.07, 6.45) is 6.41. The van der Waals surface area contributed by atoms with Gasteiger partial charge in [-0.25, -0.2) is 0 Å². The number of nitrogens with one attached hydrogen (secondary N) is 1. The molecule has 86 valence electrons. The molecular weight excluding hydrogens is 228 g/mol. The molecule has 1 N–H and O–H groups in total. The molecule has 1 atom stereocenters. The van der Waals surface area contributed by atoms with Gasteiger partial charge in [0.25, 0.3) is 0 Å². The predicted molar refractivity (Wildman–Crippen MR) is 71.4 cm³/mol. The summed E-state index contributed by atoms with van der Waals surface area (Å²) in [4.78, 5) is 4.26. The molecule has 0 amide bonds. The smallest absolute Gasteiger partial charge is 0.0930 e. The maximum Gasteiger partial charge on any atom is 0.0930 e. The van der Waals surface area contributed by atoms with Crippen LogP contribution in [0.1, 0.15) is 36.8 Å². The van der Waals surface area contributed by atoms with Crippen LogP contribution >= 0.6 is 11.8 Å². The number of hydrogen-bond acceptors (Lipinski definition) is 3. The molecular formula is C14H14N2S. The van der Waals surface area contributed by atoms with Gasteiger partial charge in [0.1, 0.15) is 0 Å². The van der Waals surface area contributed by atoms with Crippen molar-refractivity contribution >= 4 is 11.8 Å². The number of allylic oxidation sites excluding steroid dienone is 1. The van der Waals surface area contributed by atoms with Crippen LogP contribution in [0.4, 0.5) is 0 Å². The Hall–Kier alpha value is -1.40. The molecule has 2 aliphatic rings. The molecule has 1 saturated carbocycles. The lowest BCUT2D eigenvalue weighted by atomic mass is 10.1. The fourth-order valence-corrected chi connectivity index (χ4v) is 2.49. The Labute approximate surface area is 106 Å². The first-order chi connectivity index (χ1) is 8.31. The number of rotatable bonds is 1. The van der Waals surface area contributed by atoms with Gasteiger partial charge in [0.15, 0.2) is 0 Å². The largest absolute Gasteiger partial charge is 0.366 e. The van der Waals surface area contributed by atoms with E-state index < -0.39 is 0 Å². The van der Waals surface area contributed by atoms with Crippen LogP contribution in [0, 0.1) is 11.8 Å². The molecule has 3 rings (SSSR count). The van der Waals surface area contributed by atoms with Crippen molar-refractivity contribution in [3.8, 4) is 11.8 Å². The molecule has 1 aliphatic carbocycles. The highest BCUT2D eigenvalue weighted by Crippen LogP contribution is 2.39. The Morgan fingerprint density at radius 3 is 2.94 bits per heavy atom. The second-order valence-electron chi connectivity index (χ2n) is 4.49. The van der Waals surface area contributed by atoms with Gasteiger partial charge in [0.05, 0.1) is 11.1 Å². The molecule has 2 heterocycles. The molecule has 1 unspecified atom stereocenters. The third-order valence-electron chi connectivity index (χ3n) is 2.90. The lowest BCUT2D eigenvalue weighted by Gasteiger charge is -2.01. The number of thioether (sulfide) groups is 1. The third-order valence-corrected chi connectivity index (χ3v) is 3.80. The summed E-state index contributed by atoms with van der Waals surface area (Å²) < 4.78 is 0. The maximum atomic E-state index is 4.26. The van der Waals surface area contributed by atoms with Gasteiger partial charge in [-0.15, -0.1) is 11.8 Å². The minimum atomic E-state index is 0.440. The SMILES string of the molecule is CC1NC(C#Cc2cncc(C3CC3)c2)=CS1. The second kappa shape index (κ2) is 4.46. The molecule has 1 aliphatic heterocycles. The Morgan fingerprint density at radius 1 is 1.35 bits per heavy atom. The van der Waals surface area contributed by atoms with Crippen molar-refractivity contribution < 1.29 is 0 Å². The Balaban J connectivity index is 1.76. The summed E-state index contributed by atoms with van der Waals surface area (Å²) in [5, 5.41) is 5.82. The third kappa shape index (κ3) is 2.65. The summed E-state index contributed by atoms with van der Waals surface area (Å²) in [6, 6.07) is 2.17. The topological polar surface area (TPSA) is 24.9 Å². The highest BCUT2D eigenvalue weighted by Gasteiger charge is 2.23. The molecule has 0 saturated heterocycles. The van der Waals surface area contributed by atoms with Crippen LogP contribution in [-0.2, 0) is 0 Å². The van der Waals surface area contributed by atoms with Crippen molar-refractivity contribution in [2.75, 3.05) is 0 Å². The van der Waals surface area contributed by atoms with E-state index in [1.54, 1.807) is 11.8 Å². The van der Waals surface area contributed by atoms with E-state index in [2.05, 4.69) is 40.5 Å². The molecule has 1 fully saturated rings. The number of aromatic nitrogens is 1. The van der Waals surface area contributed by atoms with Gasteiger partial charge in [0, 0.05) is 23.4 Å². The Bertz CT molecular complexity index is 521. The Kier molecular flexibility index (Phi) is 2.82. The number of hydrogen-bond donors (Lipinski definition) is 1. The van der Waals surface area contributed by atoms with Gasteiger partial charge in [0.2, 0.25) is 0 Å². The van der Waals surface area contributed by atoms with Crippen molar-refractivity contribution in [1.82, 2.24) is 10.3 Å². The molecule has 2 nitrogen and oxygen atoms in total. The molecule has 1 aromatic rings. The lowest BCUT2D eigenvalue weighted by Crippen LogP contribution is -2.15. The maximum absolute atomic E-state index is 4.26. The first-order valence-electron chi connectivity index (χ1n) is 5.90. The van der Waals surface area contributed by atoms with Gasteiger partial charge in [-0.2, -0.15) is 0 Å². The predicted octanol–water partition coefficient (Wildman–Crippen LogP) is 2.83. The van der Waals surface area contributed by atoms with Crippen LogP contribution in [0.3, 0.4) is 0 Å². The first-order valence-corrected chi connectivity index (χ1v) is 6.85. The van der Waals surface area contributed by atoms with Crippen LogP contribution in [-0.4, -0.2) is 10.4 Å². The molecule has 0 bridgehead atoms. The molecule has 17 heavy (non-hydrogen) atoms. The van der Waals surface area contributed by atoms with Crippen molar-refractivity contribution in [3.63, 3.8) is 0 Å². The average molecular weight is 242 g/mol. The number of nitrogens with zero attached hydrogens (tertiary/aromatic N) is 1. The van der Waals surface area contributed by atoms with Crippen LogP contribution in [0.25, 0.3) is 0 Å². The normalized spacial score (nSPS) is 22.4. The highest BCUT2D eigenvalue weighted by atomic mass is 32.2. The van der Waals surface area contributed by atoms with Gasteiger partial charge in [-0.1, -0.05) is 5.92 Å². The van der Waals surface area contributed by atoms with E-state index >= 15 is 0 Å². The van der Waals surface area contributed by atoms with Gasteiger partial charge in [-0.05, 0) is 43.2 Å². The fourth-order valence-electron chi connectivity index (χ4n) is 1.83. The molecule has 1 aromatic heterocycles. The molecule has 0 aromatic carbocycles. The molecule has 0 spiro atoms. The van der Waals surface area contributed by atoms with Crippen molar-refractivity contribution in [1.29, 1.82) is 0 Å². The standard InChI is InChI=1S/C14H14N2S/c1-10-16-14(9-17-10)5-2-11-6-13(8-15-7-11)12-3-4-12/h6-10,12,16H,3-4H2,1H3. The fraction of sp³-hybridized carbons (Fsp3) is 0.357. The van der Waals surface area contributed by atoms with Gasteiger partial charge in [-0.3, -0.25) is 4.98 Å². The van der Waals surface area contributed by atoms with Gasteiger partial charge >= 0.3 is 0 Å². The van der Waals surface area contributed by atoms with Gasteiger partial charge < -0.3 is 5.32 Å². The van der Waals surface area contributed by atoms with E-state index in [0.717, 1.165) is 17.2 Å². The zero-order valence-corrected chi connectivity index (χ0v) is 10.6. The zero-order valence-electron chi connectivity index (χ0n) is 9.73. The number of pyridine rings is 1. The van der Waals surface area contributed by atoms with Crippen LogP contribution < -0.4 is 5.32 Å². The van der Waals surface area contributed by atoms with E-state index in [0.29, 0.717) is 5.37 Å². The van der Waals surface area contributed by atoms with Crippen molar-refractivity contribution in [3.05, 3.63) is 40.7 Å². The van der Waals surface area contributed by atoms with E-state index in [9.17, 15) is 0 Å². The van der Waals surface area contributed by atoms with Crippen LogP contribution in [0.15, 0.2) is 29.6 Å². The van der Waals surface area contributed by atoms with E-state index in [4.69, 9.17) is 0 Å². The average Bonchev–Trinajstić information content (AvgIpc) is 3.11. The second-order valence-corrected chi connectivity index (χ2v) is 5.70. The minimum Gasteiger partial charge on any atom is -0.366 e. The summed E-state index contributed by atoms with van der Waals surface area (Å²) in [5.41, 5.74) is 3.37. The molecule has 3 heteroatoms.